The number of amides is 1. The number of carbonyl (C=O) groups is 1. The van der Waals surface area contributed by atoms with Gasteiger partial charge in [-0.25, -0.2) is 4.79 Å². The van der Waals surface area contributed by atoms with Gasteiger partial charge < -0.3 is 45.6 Å². The number of aliphatic hydroxyl groups excluding tert-OH is 5. The molecule has 0 fully saturated rings. The number of benzene rings is 1. The summed E-state index contributed by atoms with van der Waals surface area (Å²) in [6.07, 6.45) is -2.19. The third-order valence-corrected chi connectivity index (χ3v) is 5.39. The predicted molar refractivity (Wildman–Crippen MR) is 123 cm³/mol. The molecule has 1 aromatic rings. The Bertz CT molecular complexity index is 646. The van der Waals surface area contributed by atoms with E-state index >= 15 is 0 Å². The summed E-state index contributed by atoms with van der Waals surface area (Å²) in [5, 5.41) is 59.6. The topological polar surface area (TPSA) is 163 Å². The SMILES string of the molecule is CCCCCCN(CCc1ccc(OCCNC(=O)O)cc1)C[C@H](O)[C@@H](O)[C@H](O)[C@H](O)CO. The second-order valence-electron chi connectivity index (χ2n) is 8.13. The van der Waals surface area contributed by atoms with Crippen molar-refractivity contribution in [2.45, 2.75) is 63.4 Å². The minimum absolute atomic E-state index is 0.125. The van der Waals surface area contributed by atoms with Crippen molar-refractivity contribution in [1.29, 1.82) is 0 Å². The predicted octanol–water partition coefficient (Wildman–Crippen LogP) is 0.194. The summed E-state index contributed by atoms with van der Waals surface area (Å²) in [6.45, 7) is 3.32. The summed E-state index contributed by atoms with van der Waals surface area (Å²) in [7, 11) is 0. The lowest BCUT2D eigenvalue weighted by Gasteiger charge is -2.30. The average Bonchev–Trinajstić information content (AvgIpc) is 2.81. The van der Waals surface area contributed by atoms with Gasteiger partial charge in [0.1, 0.15) is 30.7 Å². The van der Waals surface area contributed by atoms with E-state index in [4.69, 9.17) is 14.9 Å². The van der Waals surface area contributed by atoms with E-state index in [1.165, 1.54) is 0 Å². The first-order chi connectivity index (χ1) is 15.8. The number of aliphatic hydroxyl groups is 5. The first kappa shape index (κ1) is 29.1. The molecule has 1 aromatic carbocycles. The molecule has 10 heteroatoms. The first-order valence-corrected chi connectivity index (χ1v) is 11.5. The Balaban J connectivity index is 2.60. The van der Waals surface area contributed by atoms with Crippen molar-refractivity contribution < 1.29 is 40.2 Å². The van der Waals surface area contributed by atoms with E-state index in [1.807, 2.05) is 29.2 Å². The molecule has 0 spiro atoms. The smallest absolute Gasteiger partial charge is 0.404 e. The maximum Gasteiger partial charge on any atom is 0.404 e. The number of unbranched alkanes of at least 4 members (excludes halogenated alkanes) is 3. The molecule has 190 valence electrons. The Hall–Kier alpha value is -1.95. The molecule has 1 amide bonds. The van der Waals surface area contributed by atoms with Gasteiger partial charge in [-0.05, 0) is 37.1 Å². The summed E-state index contributed by atoms with van der Waals surface area (Å²) >= 11 is 0. The molecular weight excluding hydrogens is 432 g/mol. The van der Waals surface area contributed by atoms with Gasteiger partial charge in [-0.15, -0.1) is 0 Å². The van der Waals surface area contributed by atoms with E-state index in [-0.39, 0.29) is 19.7 Å². The molecule has 33 heavy (non-hydrogen) atoms. The van der Waals surface area contributed by atoms with Crippen LogP contribution in [0.1, 0.15) is 38.2 Å². The third-order valence-electron chi connectivity index (χ3n) is 5.39. The number of carboxylic acid groups (broad SMARTS) is 1. The number of hydrogen-bond acceptors (Lipinski definition) is 8. The van der Waals surface area contributed by atoms with E-state index in [9.17, 15) is 25.2 Å². The van der Waals surface area contributed by atoms with Gasteiger partial charge in [-0.1, -0.05) is 38.3 Å². The highest BCUT2D eigenvalue weighted by Crippen LogP contribution is 2.14. The molecule has 0 heterocycles. The normalized spacial score (nSPS) is 15.1. The van der Waals surface area contributed by atoms with E-state index in [1.54, 1.807) is 0 Å². The average molecular weight is 473 g/mol. The Labute approximate surface area is 195 Å². The molecule has 0 radical (unpaired) electrons. The lowest BCUT2D eigenvalue weighted by molar-refractivity contribution is -0.119. The van der Waals surface area contributed by atoms with Crippen LogP contribution in [0.15, 0.2) is 24.3 Å². The molecular formula is C23H40N2O8. The maximum absolute atomic E-state index is 10.4. The number of nitrogens with zero attached hydrogens (tertiary/aromatic N) is 1. The second-order valence-corrected chi connectivity index (χ2v) is 8.13. The minimum atomic E-state index is -1.63. The van der Waals surface area contributed by atoms with Crippen molar-refractivity contribution >= 4 is 6.09 Å². The molecule has 1 rings (SSSR count). The lowest BCUT2D eigenvalue weighted by atomic mass is 10.0. The molecule has 0 aromatic heterocycles. The number of rotatable bonds is 18. The summed E-state index contributed by atoms with van der Waals surface area (Å²) in [6, 6.07) is 7.46. The van der Waals surface area contributed by atoms with Crippen LogP contribution in [0.3, 0.4) is 0 Å². The molecule has 4 atom stereocenters. The van der Waals surface area contributed by atoms with Gasteiger partial charge in [0, 0.05) is 13.1 Å². The summed E-state index contributed by atoms with van der Waals surface area (Å²) < 4.78 is 5.48. The van der Waals surface area contributed by atoms with Gasteiger partial charge in [-0.2, -0.15) is 0 Å². The Kier molecular flexibility index (Phi) is 14.7. The van der Waals surface area contributed by atoms with E-state index in [0.717, 1.165) is 37.8 Å². The molecule has 0 aliphatic rings. The zero-order valence-electron chi connectivity index (χ0n) is 19.3. The van der Waals surface area contributed by atoms with Crippen molar-refractivity contribution in [2.24, 2.45) is 0 Å². The van der Waals surface area contributed by atoms with Crippen molar-refractivity contribution in [3.05, 3.63) is 29.8 Å². The van der Waals surface area contributed by atoms with Crippen LogP contribution in [0.25, 0.3) is 0 Å². The van der Waals surface area contributed by atoms with E-state index < -0.39 is 37.1 Å². The zero-order chi connectivity index (χ0) is 24.6. The largest absolute Gasteiger partial charge is 0.492 e. The Morgan fingerprint density at radius 2 is 1.67 bits per heavy atom. The highest BCUT2D eigenvalue weighted by molar-refractivity contribution is 5.64. The molecule has 10 nitrogen and oxygen atoms in total. The van der Waals surface area contributed by atoms with Crippen LogP contribution in [-0.4, -0.2) is 105 Å². The fourth-order valence-electron chi connectivity index (χ4n) is 3.36. The number of ether oxygens (including phenoxy) is 1. The van der Waals surface area contributed by atoms with Crippen LogP contribution in [0.5, 0.6) is 5.75 Å². The van der Waals surface area contributed by atoms with Crippen molar-refractivity contribution in [3.8, 4) is 5.75 Å². The fourth-order valence-corrected chi connectivity index (χ4v) is 3.36. The molecule has 0 aliphatic heterocycles. The zero-order valence-corrected chi connectivity index (χ0v) is 19.3. The van der Waals surface area contributed by atoms with Crippen molar-refractivity contribution in [1.82, 2.24) is 10.2 Å². The molecule has 0 unspecified atom stereocenters. The first-order valence-electron chi connectivity index (χ1n) is 11.5. The molecule has 0 saturated carbocycles. The van der Waals surface area contributed by atoms with Crippen LogP contribution in [0.2, 0.25) is 0 Å². The van der Waals surface area contributed by atoms with Gasteiger partial charge in [0.25, 0.3) is 0 Å². The monoisotopic (exact) mass is 472 g/mol. The third kappa shape index (κ3) is 12.2. The van der Waals surface area contributed by atoms with Crippen LogP contribution in [-0.2, 0) is 6.42 Å². The van der Waals surface area contributed by atoms with Crippen LogP contribution < -0.4 is 10.1 Å². The highest BCUT2D eigenvalue weighted by Gasteiger charge is 2.30. The molecule has 0 saturated heterocycles. The summed E-state index contributed by atoms with van der Waals surface area (Å²) in [4.78, 5) is 12.4. The second kappa shape index (κ2) is 16.6. The Morgan fingerprint density at radius 1 is 1.00 bits per heavy atom. The quantitative estimate of drug-likeness (QED) is 0.148. The van der Waals surface area contributed by atoms with Crippen molar-refractivity contribution in [3.63, 3.8) is 0 Å². The van der Waals surface area contributed by atoms with Crippen LogP contribution >= 0.6 is 0 Å². The van der Waals surface area contributed by atoms with E-state index in [2.05, 4.69) is 12.2 Å². The molecule has 7 N–H and O–H groups in total. The van der Waals surface area contributed by atoms with Crippen molar-refractivity contribution in [2.75, 3.05) is 39.4 Å². The number of nitrogens with one attached hydrogen (secondary N) is 1. The van der Waals surface area contributed by atoms with Crippen LogP contribution in [0, 0.1) is 0 Å². The maximum atomic E-state index is 10.4. The van der Waals surface area contributed by atoms with Gasteiger partial charge in [0.15, 0.2) is 0 Å². The van der Waals surface area contributed by atoms with Gasteiger partial charge in [0.05, 0.1) is 19.3 Å². The lowest BCUT2D eigenvalue weighted by Crippen LogP contribution is -2.50. The highest BCUT2D eigenvalue weighted by atomic mass is 16.5. The number of hydrogen-bond donors (Lipinski definition) is 7. The molecule has 0 bridgehead atoms. The summed E-state index contributed by atoms with van der Waals surface area (Å²) in [5.41, 5.74) is 1.05. The van der Waals surface area contributed by atoms with Gasteiger partial charge in [0.2, 0.25) is 0 Å². The van der Waals surface area contributed by atoms with Crippen LogP contribution in [0.4, 0.5) is 4.79 Å². The summed E-state index contributed by atoms with van der Waals surface area (Å²) in [5.74, 6) is 0.636. The van der Waals surface area contributed by atoms with Gasteiger partial charge in [-0.3, -0.25) is 0 Å². The standard InChI is InChI=1S/C23H40N2O8/c1-2-3-4-5-12-25(15-19(27)21(29)22(30)20(28)16-26)13-10-17-6-8-18(9-7-17)33-14-11-24-23(31)32/h6-9,19-22,24,26-30H,2-5,10-16H2,1H3,(H,31,32)/t19-,20+,21+,22+/m0/s1. The molecule has 0 aliphatic carbocycles. The minimum Gasteiger partial charge on any atom is -0.492 e. The van der Waals surface area contributed by atoms with Gasteiger partial charge >= 0.3 is 6.09 Å². The van der Waals surface area contributed by atoms with E-state index in [0.29, 0.717) is 18.7 Å². The Morgan fingerprint density at radius 3 is 2.27 bits per heavy atom. The fraction of sp³-hybridized carbons (Fsp3) is 0.696.